The Kier molecular flexibility index (Phi) is 6.26. The van der Waals surface area contributed by atoms with Crippen LogP contribution in [0.5, 0.6) is 0 Å². The van der Waals surface area contributed by atoms with Crippen LogP contribution in [0, 0.1) is 0 Å². The van der Waals surface area contributed by atoms with Crippen LogP contribution in [-0.2, 0) is 6.42 Å². The normalized spacial score (nSPS) is 10.6. The molecule has 0 aliphatic carbocycles. The molecule has 1 aromatic heterocycles. The van der Waals surface area contributed by atoms with Gasteiger partial charge in [-0.15, -0.1) is 11.3 Å². The maximum Gasteiger partial charge on any atom is 0.273 e. The molecule has 1 heterocycles. The third-order valence-corrected chi connectivity index (χ3v) is 5.03. The lowest BCUT2D eigenvalue weighted by molar-refractivity contribution is 0.0752. The maximum atomic E-state index is 12.5. The van der Waals surface area contributed by atoms with Gasteiger partial charge in [-0.3, -0.25) is 4.79 Å². The van der Waals surface area contributed by atoms with Gasteiger partial charge in [-0.2, -0.15) is 0 Å². The van der Waals surface area contributed by atoms with Crippen molar-refractivity contribution in [2.45, 2.75) is 24.1 Å². The van der Waals surface area contributed by atoms with E-state index in [1.165, 1.54) is 16.9 Å². The molecule has 0 saturated heterocycles. The van der Waals surface area contributed by atoms with Gasteiger partial charge in [0.25, 0.3) is 5.91 Å². The van der Waals surface area contributed by atoms with Gasteiger partial charge in [-0.25, -0.2) is 4.98 Å². The summed E-state index contributed by atoms with van der Waals surface area (Å²) in [4.78, 5) is 18.8. The molecule has 1 aromatic carbocycles. The van der Waals surface area contributed by atoms with Crippen molar-refractivity contribution in [3.05, 3.63) is 47.0 Å². The summed E-state index contributed by atoms with van der Waals surface area (Å²) in [6.45, 7) is 3.61. The molecule has 0 radical (unpaired) electrons. The minimum atomic E-state index is 0.0457. The first-order valence-corrected chi connectivity index (χ1v) is 9.17. The van der Waals surface area contributed by atoms with Crippen molar-refractivity contribution in [1.29, 1.82) is 0 Å². The maximum absolute atomic E-state index is 12.5. The summed E-state index contributed by atoms with van der Waals surface area (Å²) < 4.78 is 0.942. The number of thiazole rings is 1. The largest absolute Gasteiger partial charge is 0.337 e. The zero-order valence-corrected chi connectivity index (χ0v) is 14.0. The number of hydrogen-bond donors (Lipinski definition) is 0. The Balaban J connectivity index is 2.02. The van der Waals surface area contributed by atoms with E-state index in [1.54, 1.807) is 11.8 Å². The molecular weight excluding hydrogens is 300 g/mol. The molecule has 0 fully saturated rings. The standard InChI is InChI=1S/C16H20N2OS2/c1-3-10-18(11-9-13-7-5-4-6-8-13)15(19)14-12-21-16(17-14)20-2/h4-8,12H,3,9-11H2,1-2H3. The first-order chi connectivity index (χ1) is 10.2. The molecule has 0 spiro atoms. The van der Waals surface area contributed by atoms with Crippen molar-refractivity contribution in [3.63, 3.8) is 0 Å². The van der Waals surface area contributed by atoms with Crippen LogP contribution in [0.2, 0.25) is 0 Å². The predicted octanol–water partition coefficient (Wildman–Crippen LogP) is 3.96. The summed E-state index contributed by atoms with van der Waals surface area (Å²) in [7, 11) is 0. The summed E-state index contributed by atoms with van der Waals surface area (Å²) in [5.41, 5.74) is 1.83. The minimum Gasteiger partial charge on any atom is -0.337 e. The van der Waals surface area contributed by atoms with Crippen molar-refractivity contribution in [3.8, 4) is 0 Å². The lowest BCUT2D eigenvalue weighted by atomic mass is 10.1. The van der Waals surface area contributed by atoms with Crippen molar-refractivity contribution in [2.24, 2.45) is 0 Å². The number of rotatable bonds is 7. The fourth-order valence-electron chi connectivity index (χ4n) is 2.10. The van der Waals surface area contributed by atoms with Gasteiger partial charge in [-0.1, -0.05) is 49.0 Å². The van der Waals surface area contributed by atoms with E-state index in [0.717, 1.165) is 30.3 Å². The number of carbonyl (C=O) groups excluding carboxylic acids is 1. The molecule has 2 aromatic rings. The Bertz CT molecular complexity index is 569. The lowest BCUT2D eigenvalue weighted by Crippen LogP contribution is -2.33. The number of carbonyl (C=O) groups is 1. The lowest BCUT2D eigenvalue weighted by Gasteiger charge is -2.21. The molecule has 5 heteroatoms. The average Bonchev–Trinajstić information content (AvgIpc) is 3.01. The molecule has 0 saturated carbocycles. The van der Waals surface area contributed by atoms with Crippen molar-refractivity contribution in [2.75, 3.05) is 19.3 Å². The van der Waals surface area contributed by atoms with E-state index in [2.05, 4.69) is 24.0 Å². The van der Waals surface area contributed by atoms with Gasteiger partial charge in [0.15, 0.2) is 0 Å². The highest BCUT2D eigenvalue weighted by molar-refractivity contribution is 8.00. The van der Waals surface area contributed by atoms with Gasteiger partial charge >= 0.3 is 0 Å². The number of nitrogens with zero attached hydrogens (tertiary/aromatic N) is 2. The molecular formula is C16H20N2OS2. The van der Waals surface area contributed by atoms with E-state index in [0.29, 0.717) is 5.69 Å². The van der Waals surface area contributed by atoms with Gasteiger partial charge in [-0.05, 0) is 24.7 Å². The second-order valence-corrected chi connectivity index (χ2v) is 6.64. The van der Waals surface area contributed by atoms with Gasteiger partial charge in [0.1, 0.15) is 10.0 Å². The molecule has 0 aliphatic rings. The Morgan fingerprint density at radius 2 is 2.05 bits per heavy atom. The number of aromatic nitrogens is 1. The fraction of sp³-hybridized carbons (Fsp3) is 0.375. The van der Waals surface area contributed by atoms with E-state index in [4.69, 9.17) is 0 Å². The van der Waals surface area contributed by atoms with Gasteiger partial charge in [0.05, 0.1) is 0 Å². The van der Waals surface area contributed by atoms with Crippen LogP contribution in [-0.4, -0.2) is 35.1 Å². The van der Waals surface area contributed by atoms with E-state index >= 15 is 0 Å². The second kappa shape index (κ2) is 8.20. The third kappa shape index (κ3) is 4.58. The molecule has 0 atom stereocenters. The predicted molar refractivity (Wildman–Crippen MR) is 90.2 cm³/mol. The van der Waals surface area contributed by atoms with Crippen molar-refractivity contribution >= 4 is 29.0 Å². The summed E-state index contributed by atoms with van der Waals surface area (Å²) >= 11 is 3.11. The van der Waals surface area contributed by atoms with Crippen molar-refractivity contribution < 1.29 is 4.79 Å². The van der Waals surface area contributed by atoms with E-state index in [-0.39, 0.29) is 5.91 Å². The smallest absolute Gasteiger partial charge is 0.273 e. The Morgan fingerprint density at radius 3 is 2.67 bits per heavy atom. The van der Waals surface area contributed by atoms with Crippen molar-refractivity contribution in [1.82, 2.24) is 9.88 Å². The Hall–Kier alpha value is -1.33. The van der Waals surface area contributed by atoms with Gasteiger partial charge in [0.2, 0.25) is 0 Å². The molecule has 0 bridgehead atoms. The van der Waals surface area contributed by atoms with E-state index in [9.17, 15) is 4.79 Å². The molecule has 112 valence electrons. The topological polar surface area (TPSA) is 33.2 Å². The Morgan fingerprint density at radius 1 is 1.29 bits per heavy atom. The van der Waals surface area contributed by atoms with E-state index in [1.807, 2.05) is 34.7 Å². The average molecular weight is 320 g/mol. The molecule has 0 unspecified atom stereocenters. The van der Waals surface area contributed by atoms with Crippen LogP contribution >= 0.6 is 23.1 Å². The number of thioether (sulfide) groups is 1. The summed E-state index contributed by atoms with van der Waals surface area (Å²) in [5, 5.41) is 1.86. The SMILES string of the molecule is CCCN(CCc1ccccc1)C(=O)c1csc(SC)n1. The quantitative estimate of drug-likeness (QED) is 0.724. The highest BCUT2D eigenvalue weighted by Crippen LogP contribution is 2.20. The van der Waals surface area contributed by atoms with Crippen LogP contribution in [0.25, 0.3) is 0 Å². The number of amides is 1. The number of hydrogen-bond acceptors (Lipinski definition) is 4. The molecule has 3 nitrogen and oxygen atoms in total. The van der Waals surface area contributed by atoms with Crippen LogP contribution in [0.4, 0.5) is 0 Å². The molecule has 21 heavy (non-hydrogen) atoms. The molecule has 0 N–H and O–H groups in total. The van der Waals surface area contributed by atoms with Crippen LogP contribution in [0.1, 0.15) is 29.4 Å². The van der Waals surface area contributed by atoms with Gasteiger partial charge in [0, 0.05) is 18.5 Å². The molecule has 0 aliphatic heterocycles. The summed E-state index contributed by atoms with van der Waals surface area (Å²) in [6, 6.07) is 10.3. The van der Waals surface area contributed by atoms with Crippen LogP contribution in [0.15, 0.2) is 40.1 Å². The second-order valence-electron chi connectivity index (χ2n) is 4.73. The van der Waals surface area contributed by atoms with Crippen LogP contribution < -0.4 is 0 Å². The highest BCUT2D eigenvalue weighted by atomic mass is 32.2. The van der Waals surface area contributed by atoms with Crippen LogP contribution in [0.3, 0.4) is 0 Å². The fourth-order valence-corrected chi connectivity index (χ4v) is 3.34. The van der Waals surface area contributed by atoms with Gasteiger partial charge < -0.3 is 4.90 Å². The first kappa shape index (κ1) is 16.0. The third-order valence-electron chi connectivity index (χ3n) is 3.17. The zero-order valence-electron chi connectivity index (χ0n) is 12.4. The highest BCUT2D eigenvalue weighted by Gasteiger charge is 2.17. The summed E-state index contributed by atoms with van der Waals surface area (Å²) in [5.74, 6) is 0.0457. The zero-order chi connectivity index (χ0) is 15.1. The molecule has 1 amide bonds. The summed E-state index contributed by atoms with van der Waals surface area (Å²) in [6.07, 6.45) is 3.82. The first-order valence-electron chi connectivity index (χ1n) is 7.07. The number of benzene rings is 1. The molecule has 2 rings (SSSR count). The Labute approximate surface area is 134 Å². The monoisotopic (exact) mass is 320 g/mol. The minimum absolute atomic E-state index is 0.0457. The van der Waals surface area contributed by atoms with E-state index < -0.39 is 0 Å².